The van der Waals surface area contributed by atoms with Crippen molar-refractivity contribution in [1.82, 2.24) is 20.0 Å². The lowest BCUT2D eigenvalue weighted by molar-refractivity contribution is -0.153. The smallest absolute Gasteiger partial charge is 0.331 e. The molecule has 2 heterocycles. The fourth-order valence-electron chi connectivity index (χ4n) is 3.05. The maximum Gasteiger partial charge on any atom is 0.331 e. The molecule has 1 aliphatic heterocycles. The number of hydrogen-bond acceptors (Lipinski definition) is 5. The van der Waals surface area contributed by atoms with Crippen molar-refractivity contribution in [3.05, 3.63) is 53.1 Å². The summed E-state index contributed by atoms with van der Waals surface area (Å²) in [5, 5.41) is 6.94. The maximum absolute atomic E-state index is 13.1. The Kier molecular flexibility index (Phi) is 5.76. The highest BCUT2D eigenvalue weighted by Crippen LogP contribution is 2.19. The van der Waals surface area contributed by atoms with E-state index in [0.29, 0.717) is 23.5 Å². The van der Waals surface area contributed by atoms with Crippen LogP contribution in [-0.4, -0.2) is 51.8 Å². The summed E-state index contributed by atoms with van der Waals surface area (Å²) in [6.07, 6.45) is 1.68. The van der Waals surface area contributed by atoms with Gasteiger partial charge in [-0.05, 0) is 51.1 Å². The van der Waals surface area contributed by atoms with E-state index in [4.69, 9.17) is 4.74 Å². The number of ether oxygens (including phenoxy) is 1. The number of aromatic nitrogens is 2. The Balaban J connectivity index is 1.69. The number of carbonyl (C=O) groups is 3. The van der Waals surface area contributed by atoms with E-state index in [-0.39, 0.29) is 12.4 Å². The molecule has 0 radical (unpaired) electrons. The molecule has 1 aromatic carbocycles. The number of urea groups is 1. The molecule has 1 saturated heterocycles. The first-order valence-corrected chi connectivity index (χ1v) is 9.08. The van der Waals surface area contributed by atoms with Gasteiger partial charge < -0.3 is 10.1 Å². The van der Waals surface area contributed by atoms with E-state index in [2.05, 4.69) is 10.4 Å². The number of benzene rings is 1. The number of nitrogens with zero attached hydrogens (tertiary/aromatic N) is 3. The highest BCUT2D eigenvalue weighted by molar-refractivity contribution is 5.99. The lowest BCUT2D eigenvalue weighted by Gasteiger charge is -2.17. The van der Waals surface area contributed by atoms with Crippen LogP contribution in [0.1, 0.15) is 23.9 Å². The SMILES string of the molecule is Cc1nn(-c2ccc(F)cc2)c(C)c1C=CC(=O)OC(C)C(=O)N1CCNC1=O. The van der Waals surface area contributed by atoms with Crippen LogP contribution in [0.4, 0.5) is 9.18 Å². The minimum absolute atomic E-state index is 0.246. The molecule has 2 aromatic rings. The Morgan fingerprint density at radius 1 is 1.28 bits per heavy atom. The van der Waals surface area contributed by atoms with Gasteiger partial charge in [-0.3, -0.25) is 9.69 Å². The monoisotopic (exact) mass is 400 g/mol. The minimum atomic E-state index is -1.08. The number of carbonyl (C=O) groups excluding carboxylic acids is 3. The highest BCUT2D eigenvalue weighted by atomic mass is 19.1. The van der Waals surface area contributed by atoms with Crippen LogP contribution < -0.4 is 5.32 Å². The zero-order chi connectivity index (χ0) is 21.1. The molecule has 0 spiro atoms. The van der Waals surface area contributed by atoms with Gasteiger partial charge in [0.25, 0.3) is 5.91 Å². The number of aryl methyl sites for hydroxylation is 1. The van der Waals surface area contributed by atoms with E-state index in [0.717, 1.165) is 10.6 Å². The predicted molar refractivity (Wildman–Crippen MR) is 103 cm³/mol. The molecular weight excluding hydrogens is 379 g/mol. The van der Waals surface area contributed by atoms with Gasteiger partial charge in [0, 0.05) is 30.4 Å². The number of esters is 1. The molecule has 3 rings (SSSR count). The summed E-state index contributed by atoms with van der Waals surface area (Å²) >= 11 is 0. The van der Waals surface area contributed by atoms with Gasteiger partial charge in [0.05, 0.1) is 11.4 Å². The molecule has 3 amide bonds. The van der Waals surface area contributed by atoms with Crippen LogP contribution in [0, 0.1) is 19.7 Å². The normalized spacial score (nSPS) is 14.9. The summed E-state index contributed by atoms with van der Waals surface area (Å²) in [7, 11) is 0. The third kappa shape index (κ3) is 4.34. The van der Waals surface area contributed by atoms with Crippen molar-refractivity contribution >= 4 is 24.0 Å². The van der Waals surface area contributed by atoms with Gasteiger partial charge in [-0.25, -0.2) is 18.7 Å². The van der Waals surface area contributed by atoms with E-state index in [1.54, 1.807) is 29.8 Å². The van der Waals surface area contributed by atoms with Gasteiger partial charge in [0.1, 0.15) is 5.82 Å². The largest absolute Gasteiger partial charge is 0.449 e. The lowest BCUT2D eigenvalue weighted by Crippen LogP contribution is -2.41. The third-order valence-electron chi connectivity index (χ3n) is 4.57. The first-order chi connectivity index (χ1) is 13.8. The zero-order valence-corrected chi connectivity index (χ0v) is 16.3. The fourth-order valence-corrected chi connectivity index (χ4v) is 3.05. The highest BCUT2D eigenvalue weighted by Gasteiger charge is 2.31. The molecule has 8 nitrogen and oxygen atoms in total. The van der Waals surface area contributed by atoms with Crippen LogP contribution in [-0.2, 0) is 14.3 Å². The van der Waals surface area contributed by atoms with Gasteiger partial charge in [0.15, 0.2) is 6.10 Å². The van der Waals surface area contributed by atoms with Gasteiger partial charge in [-0.15, -0.1) is 0 Å². The molecule has 1 aliphatic rings. The number of hydrogen-bond donors (Lipinski definition) is 1. The van der Waals surface area contributed by atoms with E-state index in [1.165, 1.54) is 25.1 Å². The van der Waals surface area contributed by atoms with Crippen LogP contribution in [0.5, 0.6) is 0 Å². The van der Waals surface area contributed by atoms with Gasteiger partial charge >= 0.3 is 12.0 Å². The predicted octanol–water partition coefficient (Wildman–Crippen LogP) is 2.12. The average molecular weight is 400 g/mol. The minimum Gasteiger partial charge on any atom is -0.449 e. The topological polar surface area (TPSA) is 93.5 Å². The number of imide groups is 1. The molecular formula is C20H21FN4O4. The molecule has 1 atom stereocenters. The average Bonchev–Trinajstić information content (AvgIpc) is 3.23. The van der Waals surface area contributed by atoms with Crippen molar-refractivity contribution in [1.29, 1.82) is 0 Å². The zero-order valence-electron chi connectivity index (χ0n) is 16.3. The van der Waals surface area contributed by atoms with Gasteiger partial charge in [0.2, 0.25) is 0 Å². The summed E-state index contributed by atoms with van der Waals surface area (Å²) in [5.41, 5.74) is 2.84. The van der Waals surface area contributed by atoms with Crippen LogP contribution in [0.15, 0.2) is 30.3 Å². The van der Waals surface area contributed by atoms with Crippen molar-refractivity contribution in [2.45, 2.75) is 26.9 Å². The summed E-state index contributed by atoms with van der Waals surface area (Å²) in [5.74, 6) is -1.62. The molecule has 0 aliphatic carbocycles. The first-order valence-electron chi connectivity index (χ1n) is 9.08. The Hall–Kier alpha value is -3.49. The maximum atomic E-state index is 13.1. The Morgan fingerprint density at radius 3 is 2.59 bits per heavy atom. The molecule has 9 heteroatoms. The van der Waals surface area contributed by atoms with E-state index in [1.807, 2.05) is 6.92 Å². The third-order valence-corrected chi connectivity index (χ3v) is 4.57. The molecule has 1 aromatic heterocycles. The van der Waals surface area contributed by atoms with Crippen molar-refractivity contribution in [2.75, 3.05) is 13.1 Å². The molecule has 29 heavy (non-hydrogen) atoms. The second-order valence-electron chi connectivity index (χ2n) is 6.61. The molecule has 0 bridgehead atoms. The van der Waals surface area contributed by atoms with Gasteiger partial charge in [-0.2, -0.15) is 5.10 Å². The molecule has 1 unspecified atom stereocenters. The Morgan fingerprint density at radius 2 is 1.97 bits per heavy atom. The van der Waals surface area contributed by atoms with Crippen molar-refractivity contribution in [2.24, 2.45) is 0 Å². The van der Waals surface area contributed by atoms with Crippen molar-refractivity contribution < 1.29 is 23.5 Å². The summed E-state index contributed by atoms with van der Waals surface area (Å²) in [6.45, 7) is 5.66. The standard InChI is InChI=1S/C20H21FN4O4/c1-12-17(13(2)25(23-12)16-6-4-15(21)5-7-16)8-9-18(26)29-14(3)19(27)24-11-10-22-20(24)28/h4-9,14H,10-11H2,1-3H3,(H,22,28). The molecule has 0 saturated carbocycles. The Labute approximate surface area is 166 Å². The molecule has 1 N–H and O–H groups in total. The number of nitrogens with one attached hydrogen (secondary N) is 1. The van der Waals surface area contributed by atoms with Crippen LogP contribution in [0.25, 0.3) is 11.8 Å². The summed E-state index contributed by atoms with van der Waals surface area (Å²) in [6, 6.07) is 5.42. The second-order valence-corrected chi connectivity index (χ2v) is 6.61. The van der Waals surface area contributed by atoms with E-state index < -0.39 is 24.0 Å². The quantitative estimate of drug-likeness (QED) is 0.613. The van der Waals surface area contributed by atoms with E-state index in [9.17, 15) is 18.8 Å². The van der Waals surface area contributed by atoms with Crippen LogP contribution in [0.3, 0.4) is 0 Å². The first kappa shape index (κ1) is 20.2. The summed E-state index contributed by atoms with van der Waals surface area (Å²) < 4.78 is 19.9. The van der Waals surface area contributed by atoms with Gasteiger partial charge in [-0.1, -0.05) is 0 Å². The number of halogens is 1. The van der Waals surface area contributed by atoms with Crippen LogP contribution >= 0.6 is 0 Å². The molecule has 1 fully saturated rings. The number of amides is 3. The lowest BCUT2D eigenvalue weighted by atomic mass is 10.2. The summed E-state index contributed by atoms with van der Waals surface area (Å²) in [4.78, 5) is 36.9. The second kappa shape index (κ2) is 8.26. The Bertz CT molecular complexity index is 981. The fraction of sp³-hybridized carbons (Fsp3) is 0.300. The van der Waals surface area contributed by atoms with Crippen LogP contribution in [0.2, 0.25) is 0 Å². The van der Waals surface area contributed by atoms with E-state index >= 15 is 0 Å². The van der Waals surface area contributed by atoms with Crippen molar-refractivity contribution in [3.63, 3.8) is 0 Å². The molecule has 152 valence electrons. The number of rotatable bonds is 5. The van der Waals surface area contributed by atoms with Crippen molar-refractivity contribution in [3.8, 4) is 5.69 Å².